The molecular formula is C25H25N2O+. The zero-order valence-electron chi connectivity index (χ0n) is 17.1. The van der Waals surface area contributed by atoms with E-state index in [1.807, 2.05) is 18.2 Å². The molecule has 0 radical (unpaired) electrons. The van der Waals surface area contributed by atoms with Crippen LogP contribution in [0.25, 0.3) is 38.0 Å². The number of fused-ring (bicyclic) bond motifs is 3. The summed E-state index contributed by atoms with van der Waals surface area (Å²) in [6, 6.07) is 12.3. The van der Waals surface area contributed by atoms with Crippen LogP contribution in [0.1, 0.15) is 30.5 Å². The quantitative estimate of drug-likeness (QED) is 0.301. The lowest BCUT2D eigenvalue weighted by Gasteiger charge is -2.11. The van der Waals surface area contributed by atoms with Gasteiger partial charge in [-0.05, 0) is 37.3 Å². The van der Waals surface area contributed by atoms with Crippen molar-refractivity contribution in [3.8, 4) is 11.3 Å². The van der Waals surface area contributed by atoms with Crippen molar-refractivity contribution >= 4 is 27.6 Å². The molecule has 0 aliphatic rings. The largest absolute Gasteiger partial charge is 0.466 e. The van der Waals surface area contributed by atoms with E-state index in [4.69, 9.17) is 11.0 Å². The summed E-state index contributed by atoms with van der Waals surface area (Å²) in [5.74, 6) is 0.601. The van der Waals surface area contributed by atoms with E-state index >= 15 is 0 Å². The van der Waals surface area contributed by atoms with Crippen LogP contribution in [-0.4, -0.2) is 0 Å². The van der Waals surface area contributed by atoms with Crippen LogP contribution in [-0.2, 0) is 13.5 Å². The first-order valence-corrected chi connectivity index (χ1v) is 9.72. The minimum Gasteiger partial charge on any atom is -0.466 e. The molecule has 0 aliphatic heterocycles. The number of furan rings is 1. The molecule has 0 saturated carbocycles. The Bertz CT molecular complexity index is 1260. The highest BCUT2D eigenvalue weighted by Crippen LogP contribution is 2.40. The van der Waals surface area contributed by atoms with Crippen molar-refractivity contribution in [3.05, 3.63) is 70.7 Å². The molecule has 2 heterocycles. The van der Waals surface area contributed by atoms with E-state index in [9.17, 15) is 0 Å². The molecule has 3 heteroatoms. The van der Waals surface area contributed by atoms with Gasteiger partial charge in [-0.1, -0.05) is 44.2 Å². The Morgan fingerprint density at radius 3 is 2.50 bits per heavy atom. The average Bonchev–Trinajstić information content (AvgIpc) is 3.02. The van der Waals surface area contributed by atoms with E-state index in [0.717, 1.165) is 34.0 Å². The fourth-order valence-electron chi connectivity index (χ4n) is 4.08. The van der Waals surface area contributed by atoms with Gasteiger partial charge in [0.2, 0.25) is 11.4 Å². The molecule has 0 bridgehead atoms. The van der Waals surface area contributed by atoms with Gasteiger partial charge >= 0.3 is 0 Å². The van der Waals surface area contributed by atoms with Gasteiger partial charge in [-0.2, -0.15) is 0 Å². The van der Waals surface area contributed by atoms with Crippen LogP contribution in [0.15, 0.2) is 47.0 Å². The van der Waals surface area contributed by atoms with E-state index in [0.29, 0.717) is 17.2 Å². The first kappa shape index (κ1) is 18.3. The molecule has 4 rings (SSSR count). The van der Waals surface area contributed by atoms with E-state index in [2.05, 4.69) is 68.6 Å². The highest BCUT2D eigenvalue weighted by Gasteiger charge is 2.23. The number of hydrogen-bond donors (Lipinski definition) is 0. The molecule has 0 N–H and O–H groups in total. The summed E-state index contributed by atoms with van der Waals surface area (Å²) in [5, 5.41) is 2.06. The van der Waals surface area contributed by atoms with Gasteiger partial charge in [-0.15, -0.1) is 0 Å². The van der Waals surface area contributed by atoms with Crippen LogP contribution < -0.4 is 4.57 Å². The maximum Gasteiger partial charge on any atom is 0.229 e. The Labute approximate surface area is 166 Å². The van der Waals surface area contributed by atoms with Gasteiger partial charge in [-0.25, -0.2) is 9.41 Å². The summed E-state index contributed by atoms with van der Waals surface area (Å²) >= 11 is 0. The molecule has 0 saturated heterocycles. The van der Waals surface area contributed by atoms with Crippen molar-refractivity contribution in [3.63, 3.8) is 0 Å². The highest BCUT2D eigenvalue weighted by molar-refractivity contribution is 6.12. The van der Waals surface area contributed by atoms with Crippen molar-refractivity contribution in [2.24, 2.45) is 13.0 Å². The summed E-state index contributed by atoms with van der Waals surface area (Å²) in [4.78, 5) is 3.65. The summed E-state index contributed by atoms with van der Waals surface area (Å²) in [6.45, 7) is 16.3. The molecule has 3 nitrogen and oxygen atoms in total. The summed E-state index contributed by atoms with van der Waals surface area (Å²) in [6.07, 6.45) is 3.26. The van der Waals surface area contributed by atoms with Gasteiger partial charge in [0.15, 0.2) is 6.20 Å². The summed E-state index contributed by atoms with van der Waals surface area (Å²) in [5.41, 5.74) is 8.21. The van der Waals surface area contributed by atoms with E-state index < -0.39 is 0 Å². The van der Waals surface area contributed by atoms with Gasteiger partial charge in [0, 0.05) is 22.4 Å². The molecule has 140 valence electrons. The minimum absolute atomic E-state index is 0.561. The molecule has 2 aromatic heterocycles. The third kappa shape index (κ3) is 2.86. The predicted octanol–water partition coefficient (Wildman–Crippen LogP) is 6.44. The first-order valence-electron chi connectivity index (χ1n) is 9.72. The molecule has 0 fully saturated rings. The smallest absolute Gasteiger partial charge is 0.229 e. The molecule has 0 unspecified atom stereocenters. The second-order valence-corrected chi connectivity index (χ2v) is 8.08. The van der Waals surface area contributed by atoms with E-state index in [1.165, 1.54) is 16.7 Å². The van der Waals surface area contributed by atoms with Crippen molar-refractivity contribution in [2.45, 2.75) is 34.1 Å². The number of para-hydroxylation sites is 1. The SMILES string of the molecule is [C-]#[N+]c1cccc2c1oc1c(-c3cc(CC(C)C)c(C)c[n+]3C)c(C)ccc12. The fraction of sp³-hybridized carbons (Fsp3) is 0.280. The lowest BCUT2D eigenvalue weighted by atomic mass is 9.95. The standard InChI is InChI=1S/C25H25N2O/c1-15(2)12-18-13-22(27(6)14-17(18)4)23-16(3)10-11-20-19-8-7-9-21(26-5)24(19)28-25(20)23/h7-11,13-15H,12H2,1-4,6H3/q+1. The number of aromatic nitrogens is 1. The van der Waals surface area contributed by atoms with Crippen LogP contribution in [0.4, 0.5) is 5.69 Å². The number of benzene rings is 2. The van der Waals surface area contributed by atoms with Gasteiger partial charge in [0.05, 0.1) is 12.1 Å². The van der Waals surface area contributed by atoms with Crippen LogP contribution in [0, 0.1) is 26.3 Å². The maximum atomic E-state index is 7.47. The number of hydrogen-bond acceptors (Lipinski definition) is 1. The number of nitrogens with zero attached hydrogens (tertiary/aromatic N) is 2. The van der Waals surface area contributed by atoms with Crippen LogP contribution >= 0.6 is 0 Å². The number of pyridine rings is 1. The van der Waals surface area contributed by atoms with Crippen molar-refractivity contribution in [1.29, 1.82) is 0 Å². The van der Waals surface area contributed by atoms with Gasteiger partial charge in [0.1, 0.15) is 18.2 Å². The van der Waals surface area contributed by atoms with Gasteiger partial charge in [0.25, 0.3) is 0 Å². The Morgan fingerprint density at radius 1 is 1.04 bits per heavy atom. The zero-order chi connectivity index (χ0) is 20.0. The Balaban J connectivity index is 2.07. The third-order valence-corrected chi connectivity index (χ3v) is 5.44. The second-order valence-electron chi connectivity index (χ2n) is 8.08. The Hall–Kier alpha value is -3.12. The predicted molar refractivity (Wildman–Crippen MR) is 115 cm³/mol. The minimum atomic E-state index is 0.561. The van der Waals surface area contributed by atoms with Crippen LogP contribution in [0.2, 0.25) is 0 Å². The van der Waals surface area contributed by atoms with Crippen molar-refractivity contribution < 1.29 is 8.98 Å². The molecule has 2 aromatic carbocycles. The summed E-state index contributed by atoms with van der Waals surface area (Å²) in [7, 11) is 2.09. The molecule has 4 aromatic rings. The zero-order valence-corrected chi connectivity index (χ0v) is 17.1. The van der Waals surface area contributed by atoms with Gasteiger partial charge in [-0.3, -0.25) is 0 Å². The molecular weight excluding hydrogens is 344 g/mol. The second kappa shape index (κ2) is 6.80. The monoisotopic (exact) mass is 369 g/mol. The topological polar surface area (TPSA) is 21.4 Å². The first-order chi connectivity index (χ1) is 13.4. The highest BCUT2D eigenvalue weighted by atomic mass is 16.3. The number of rotatable bonds is 3. The molecule has 0 spiro atoms. The van der Waals surface area contributed by atoms with E-state index in [-0.39, 0.29) is 0 Å². The molecule has 0 atom stereocenters. The molecule has 0 amide bonds. The number of aryl methyl sites for hydroxylation is 3. The Kier molecular flexibility index (Phi) is 4.43. The normalized spacial score (nSPS) is 11.5. The van der Waals surface area contributed by atoms with Crippen molar-refractivity contribution in [2.75, 3.05) is 0 Å². The molecule has 0 aliphatic carbocycles. The van der Waals surface area contributed by atoms with Gasteiger partial charge < -0.3 is 4.42 Å². The van der Waals surface area contributed by atoms with E-state index in [1.54, 1.807) is 0 Å². The van der Waals surface area contributed by atoms with Crippen LogP contribution in [0.3, 0.4) is 0 Å². The lowest BCUT2D eigenvalue weighted by molar-refractivity contribution is -0.660. The fourth-order valence-corrected chi connectivity index (χ4v) is 4.08. The summed E-state index contributed by atoms with van der Waals surface area (Å²) < 4.78 is 8.50. The van der Waals surface area contributed by atoms with Crippen molar-refractivity contribution in [1.82, 2.24) is 0 Å². The lowest BCUT2D eigenvalue weighted by Crippen LogP contribution is -2.32. The Morgan fingerprint density at radius 2 is 1.79 bits per heavy atom. The average molecular weight is 369 g/mol. The molecule has 28 heavy (non-hydrogen) atoms. The van der Waals surface area contributed by atoms with Crippen LogP contribution in [0.5, 0.6) is 0 Å². The maximum absolute atomic E-state index is 7.47. The third-order valence-electron chi connectivity index (χ3n) is 5.44.